The number of pyridine rings is 1. The maximum absolute atomic E-state index is 16.9. The van der Waals surface area contributed by atoms with Crippen LogP contribution in [0.2, 0.25) is 0 Å². The molecule has 5 atom stereocenters. The van der Waals surface area contributed by atoms with Crippen LogP contribution in [0.5, 0.6) is 6.01 Å². The van der Waals surface area contributed by atoms with Crippen LogP contribution in [0.4, 0.5) is 19.6 Å². The maximum atomic E-state index is 16.9. The normalized spacial score (nSPS) is 27.5. The number of benzene rings is 1. The molecule has 3 saturated heterocycles. The minimum absolute atomic E-state index is 0.0167. The minimum Gasteiger partial charge on any atom is -0.463 e. The Kier molecular flexibility index (Phi) is 8.95. The van der Waals surface area contributed by atoms with Crippen molar-refractivity contribution in [2.75, 3.05) is 63.3 Å². The van der Waals surface area contributed by atoms with E-state index >= 15 is 4.39 Å². The van der Waals surface area contributed by atoms with Gasteiger partial charge in [-0.25, -0.2) is 8.78 Å². The van der Waals surface area contributed by atoms with Crippen LogP contribution in [0.25, 0.3) is 32.2 Å². The highest BCUT2D eigenvalue weighted by atomic mass is 32.1. The summed E-state index contributed by atoms with van der Waals surface area (Å²) in [6, 6.07) is 5.34. The number of rotatable bonds is 7. The zero-order valence-corrected chi connectivity index (χ0v) is 28.3. The van der Waals surface area contributed by atoms with Gasteiger partial charge in [0, 0.05) is 54.3 Å². The Labute approximate surface area is 291 Å². The predicted octanol–water partition coefficient (Wildman–Crippen LogP) is 4.00. The van der Waals surface area contributed by atoms with Crippen molar-refractivity contribution in [3.8, 4) is 23.3 Å². The summed E-state index contributed by atoms with van der Waals surface area (Å²) in [7, 11) is 0. The fourth-order valence-electron chi connectivity index (χ4n) is 8.59. The highest BCUT2D eigenvalue weighted by Gasteiger charge is 2.50. The number of fused-ring (bicyclic) bond motifs is 3. The number of aromatic nitrogens is 3. The van der Waals surface area contributed by atoms with Gasteiger partial charge >= 0.3 is 6.01 Å². The van der Waals surface area contributed by atoms with Gasteiger partial charge in [0.15, 0.2) is 5.82 Å². The summed E-state index contributed by atoms with van der Waals surface area (Å²) in [5.74, 6) is -1.10. The van der Waals surface area contributed by atoms with Crippen molar-refractivity contribution in [3.05, 3.63) is 35.5 Å². The van der Waals surface area contributed by atoms with Crippen LogP contribution in [0.3, 0.4) is 0 Å². The molecule has 1 saturated carbocycles. The van der Waals surface area contributed by atoms with Gasteiger partial charge in [-0.3, -0.25) is 9.88 Å². The molecule has 1 aromatic carbocycles. The minimum atomic E-state index is -0.898. The Bertz CT molecular complexity index is 1970. The Morgan fingerprint density at radius 3 is 2.82 bits per heavy atom. The number of aliphatic hydroxyl groups is 2. The SMILES string of the molecule is N#Cc1c(N)sc2c(F)ccc(-c3ncc4c(N5CC(O)CO[C@@H](CO)C5)nc(OCC56CCCC5N(C5CCOC5)CCC6)nc4c3F)c12. The van der Waals surface area contributed by atoms with Gasteiger partial charge in [0.25, 0.3) is 0 Å². The first-order valence-electron chi connectivity index (χ1n) is 17.2. The second-order valence-corrected chi connectivity index (χ2v) is 14.9. The zero-order valence-electron chi connectivity index (χ0n) is 27.5. The van der Waals surface area contributed by atoms with Crippen molar-refractivity contribution < 1.29 is 33.2 Å². The van der Waals surface area contributed by atoms with Crippen LogP contribution in [0.15, 0.2) is 18.3 Å². The number of anilines is 2. The average molecular weight is 708 g/mol. The fraction of sp³-hybridized carbons (Fsp3) is 0.543. The zero-order chi connectivity index (χ0) is 34.6. The van der Waals surface area contributed by atoms with Gasteiger partial charge in [-0.05, 0) is 50.8 Å². The second kappa shape index (κ2) is 13.4. The maximum Gasteiger partial charge on any atom is 0.319 e. The number of nitrogens with two attached hydrogens (primary N) is 1. The van der Waals surface area contributed by atoms with Crippen molar-refractivity contribution in [1.29, 1.82) is 5.26 Å². The van der Waals surface area contributed by atoms with Crippen molar-refractivity contribution in [2.24, 2.45) is 5.41 Å². The predicted molar refractivity (Wildman–Crippen MR) is 183 cm³/mol. The summed E-state index contributed by atoms with van der Waals surface area (Å²) in [6.45, 7) is 2.92. The van der Waals surface area contributed by atoms with Crippen molar-refractivity contribution in [2.45, 2.75) is 62.8 Å². The van der Waals surface area contributed by atoms with Crippen LogP contribution < -0.4 is 15.4 Å². The molecular weight excluding hydrogens is 668 g/mol. The van der Waals surface area contributed by atoms with Gasteiger partial charge < -0.3 is 35.1 Å². The molecule has 3 aromatic heterocycles. The molecule has 0 bridgehead atoms. The summed E-state index contributed by atoms with van der Waals surface area (Å²) in [6.07, 6.45) is 6.15. The number of thiophene rings is 1. The number of likely N-dealkylation sites (tertiary alicyclic amines) is 1. The summed E-state index contributed by atoms with van der Waals surface area (Å²) >= 11 is 0.923. The summed E-state index contributed by atoms with van der Waals surface area (Å²) < 4.78 is 49.8. The molecule has 264 valence electrons. The van der Waals surface area contributed by atoms with Gasteiger partial charge in [0.2, 0.25) is 0 Å². The van der Waals surface area contributed by atoms with E-state index in [1.165, 1.54) is 18.3 Å². The third-order valence-electron chi connectivity index (χ3n) is 10.9. The Balaban J connectivity index is 1.23. The quantitative estimate of drug-likeness (QED) is 0.254. The summed E-state index contributed by atoms with van der Waals surface area (Å²) in [5.41, 5.74) is 6.01. The fourth-order valence-corrected chi connectivity index (χ4v) is 9.54. The van der Waals surface area contributed by atoms with E-state index in [0.717, 1.165) is 69.6 Å². The van der Waals surface area contributed by atoms with Gasteiger partial charge in [-0.1, -0.05) is 6.42 Å². The molecule has 12 nitrogen and oxygen atoms in total. The lowest BCUT2D eigenvalue weighted by molar-refractivity contribution is -0.0240. The third kappa shape index (κ3) is 5.72. The lowest BCUT2D eigenvalue weighted by Gasteiger charge is -2.48. The van der Waals surface area contributed by atoms with E-state index in [1.807, 2.05) is 6.07 Å². The molecule has 4 fully saturated rings. The third-order valence-corrected chi connectivity index (χ3v) is 12.0. The van der Waals surface area contributed by atoms with E-state index in [4.69, 9.17) is 24.9 Å². The molecule has 1 aliphatic carbocycles. The largest absolute Gasteiger partial charge is 0.463 e. The molecule has 50 heavy (non-hydrogen) atoms. The molecular formula is C35H39F2N7O5S. The number of nitrogen functional groups attached to an aromatic ring is 1. The number of hydrogen-bond acceptors (Lipinski definition) is 13. The van der Waals surface area contributed by atoms with E-state index < -0.39 is 23.8 Å². The molecule has 4 aliphatic rings. The molecule has 3 aliphatic heterocycles. The van der Waals surface area contributed by atoms with E-state index in [1.54, 1.807) is 4.90 Å². The first kappa shape index (κ1) is 33.4. The molecule has 0 amide bonds. The summed E-state index contributed by atoms with van der Waals surface area (Å²) in [4.78, 5) is 18.2. The molecule has 4 unspecified atom stereocenters. The molecule has 4 aromatic rings. The monoisotopic (exact) mass is 707 g/mol. The smallest absolute Gasteiger partial charge is 0.319 e. The second-order valence-electron chi connectivity index (χ2n) is 13.9. The Hall–Kier alpha value is -3.78. The summed E-state index contributed by atoms with van der Waals surface area (Å²) in [5, 5.41) is 31.1. The van der Waals surface area contributed by atoms with E-state index in [0.29, 0.717) is 18.7 Å². The number of nitrogens with zero attached hydrogens (tertiary/aromatic N) is 6. The first-order valence-corrected chi connectivity index (χ1v) is 18.0. The molecule has 4 N–H and O–H groups in total. The number of β-amino-alcohol motifs (C(OH)–C–C–N with tert-alkyl or cyclic N) is 1. The lowest BCUT2D eigenvalue weighted by atomic mass is 9.75. The highest BCUT2D eigenvalue weighted by Crippen LogP contribution is 2.49. The van der Waals surface area contributed by atoms with Gasteiger partial charge in [-0.15, -0.1) is 11.3 Å². The molecule has 0 spiro atoms. The van der Waals surface area contributed by atoms with Gasteiger partial charge in [-0.2, -0.15) is 15.2 Å². The molecule has 0 radical (unpaired) electrons. The van der Waals surface area contributed by atoms with Crippen molar-refractivity contribution >= 4 is 43.1 Å². The molecule has 6 heterocycles. The lowest BCUT2D eigenvalue weighted by Crippen LogP contribution is -2.55. The molecule has 8 rings (SSSR count). The van der Waals surface area contributed by atoms with Crippen LogP contribution in [-0.2, 0) is 9.47 Å². The number of ether oxygens (including phenoxy) is 3. The van der Waals surface area contributed by atoms with Gasteiger partial charge in [0.1, 0.15) is 33.9 Å². The first-order chi connectivity index (χ1) is 24.3. The average Bonchev–Trinajstić information content (AvgIpc) is 3.86. The standard InChI is InChI=1S/C35H39F2N7O5S/c36-25-5-4-22(27-23(11-38)32(39)50-31(25)27)29-28(37)30-24(12-40-29)33(43-13-20(46)17-48-21(14-43)15-45)42-34(41-30)49-18-35-7-1-3-26(35)44(9-2-8-35)19-6-10-47-16-19/h4-5,12,19-21,26,45-46H,1-3,6-10,13-18,39H2/t19?,20?,21-,26?,35?/m1/s1. The number of hydrogen-bond donors (Lipinski definition) is 3. The van der Waals surface area contributed by atoms with Crippen LogP contribution in [0, 0.1) is 28.4 Å². The molecule has 15 heteroatoms. The van der Waals surface area contributed by atoms with E-state index in [2.05, 4.69) is 14.9 Å². The van der Waals surface area contributed by atoms with Crippen molar-refractivity contribution in [3.63, 3.8) is 0 Å². The van der Waals surface area contributed by atoms with Gasteiger partial charge in [0.05, 0.1) is 54.3 Å². The highest BCUT2D eigenvalue weighted by molar-refractivity contribution is 7.23. The van der Waals surface area contributed by atoms with E-state index in [-0.39, 0.29) is 86.4 Å². The Morgan fingerprint density at radius 1 is 1.16 bits per heavy atom. The number of piperidine rings is 1. The topological polar surface area (TPSA) is 163 Å². The number of halogens is 2. The van der Waals surface area contributed by atoms with Crippen LogP contribution >= 0.6 is 11.3 Å². The van der Waals surface area contributed by atoms with Crippen LogP contribution in [0.1, 0.15) is 44.1 Å². The van der Waals surface area contributed by atoms with Crippen molar-refractivity contribution in [1.82, 2.24) is 19.9 Å². The number of aliphatic hydroxyl groups excluding tert-OH is 2. The van der Waals surface area contributed by atoms with E-state index in [9.17, 15) is 19.9 Å². The van der Waals surface area contributed by atoms with Crippen LogP contribution in [-0.4, -0.2) is 107 Å². The Morgan fingerprint density at radius 2 is 2.02 bits per heavy atom. The number of nitriles is 1.